The second-order valence-electron chi connectivity index (χ2n) is 4.18. The molecule has 0 aliphatic rings. The Morgan fingerprint density at radius 2 is 2.00 bits per heavy atom. The van der Waals surface area contributed by atoms with Crippen LogP contribution in [0, 0.1) is 5.92 Å². The minimum atomic E-state index is -0.773. The molecule has 0 amide bonds. The summed E-state index contributed by atoms with van der Waals surface area (Å²) in [5, 5.41) is 12.1. The van der Waals surface area contributed by atoms with E-state index >= 15 is 0 Å². The van der Waals surface area contributed by atoms with Gasteiger partial charge in [-0.1, -0.05) is 32.0 Å². The highest BCUT2D eigenvalue weighted by Crippen LogP contribution is 2.16. The molecule has 0 heterocycles. The number of hydrogen-bond donors (Lipinski definition) is 2. The fourth-order valence-corrected chi connectivity index (χ4v) is 2.31. The van der Waals surface area contributed by atoms with Crippen LogP contribution in [0.2, 0.25) is 0 Å². The molecule has 0 spiro atoms. The number of hydrogen-bond acceptors (Lipinski definition) is 3. The number of carboxylic acid groups (broad SMARTS) is 1. The van der Waals surface area contributed by atoms with Crippen molar-refractivity contribution in [3.05, 3.63) is 30.3 Å². The average molecular weight is 253 g/mol. The highest BCUT2D eigenvalue weighted by Gasteiger charge is 2.19. The van der Waals surface area contributed by atoms with E-state index in [0.717, 1.165) is 5.75 Å². The third kappa shape index (κ3) is 5.24. The first kappa shape index (κ1) is 14.1. The van der Waals surface area contributed by atoms with Crippen LogP contribution < -0.4 is 5.32 Å². The largest absolute Gasteiger partial charge is 0.480 e. The molecule has 0 saturated carbocycles. The highest BCUT2D eigenvalue weighted by molar-refractivity contribution is 7.99. The van der Waals surface area contributed by atoms with Gasteiger partial charge in [0.1, 0.15) is 6.04 Å². The fourth-order valence-electron chi connectivity index (χ4n) is 1.51. The molecule has 0 radical (unpaired) electrons. The van der Waals surface area contributed by atoms with E-state index in [1.54, 1.807) is 11.8 Å². The van der Waals surface area contributed by atoms with E-state index in [9.17, 15) is 4.79 Å². The summed E-state index contributed by atoms with van der Waals surface area (Å²) in [6.45, 7) is 4.53. The third-order valence-corrected chi connectivity index (χ3v) is 3.42. The van der Waals surface area contributed by atoms with E-state index in [4.69, 9.17) is 5.11 Å². The van der Waals surface area contributed by atoms with Crippen molar-refractivity contribution >= 4 is 17.7 Å². The molecule has 2 N–H and O–H groups in total. The maximum atomic E-state index is 10.9. The number of aliphatic carboxylic acids is 1. The Morgan fingerprint density at radius 1 is 1.35 bits per heavy atom. The number of rotatable bonds is 7. The van der Waals surface area contributed by atoms with Gasteiger partial charge in [0.15, 0.2) is 0 Å². The Morgan fingerprint density at radius 3 is 2.53 bits per heavy atom. The summed E-state index contributed by atoms with van der Waals surface area (Å²) in [5.74, 6) is 0.208. The second-order valence-corrected chi connectivity index (χ2v) is 5.34. The second kappa shape index (κ2) is 7.35. The molecule has 0 bridgehead atoms. The minimum Gasteiger partial charge on any atom is -0.480 e. The Labute approximate surface area is 107 Å². The zero-order chi connectivity index (χ0) is 12.7. The van der Waals surface area contributed by atoms with Crippen LogP contribution in [0.5, 0.6) is 0 Å². The number of carbonyl (C=O) groups is 1. The van der Waals surface area contributed by atoms with Gasteiger partial charge in [-0.15, -0.1) is 11.8 Å². The summed E-state index contributed by atoms with van der Waals surface area (Å²) in [5.41, 5.74) is 0. The number of thioether (sulfide) groups is 1. The van der Waals surface area contributed by atoms with Crippen LogP contribution in [-0.4, -0.2) is 29.4 Å². The predicted molar refractivity (Wildman–Crippen MR) is 71.4 cm³/mol. The first-order valence-corrected chi connectivity index (χ1v) is 6.74. The van der Waals surface area contributed by atoms with Crippen LogP contribution in [0.1, 0.15) is 13.8 Å². The van der Waals surface area contributed by atoms with E-state index in [-0.39, 0.29) is 5.92 Å². The monoisotopic (exact) mass is 253 g/mol. The predicted octanol–water partition coefficient (Wildman–Crippen LogP) is 2.48. The molecule has 0 fully saturated rings. The lowest BCUT2D eigenvalue weighted by Crippen LogP contribution is -2.41. The third-order valence-electron chi connectivity index (χ3n) is 2.41. The Hall–Kier alpha value is -1.00. The fraction of sp³-hybridized carbons (Fsp3) is 0.462. The van der Waals surface area contributed by atoms with E-state index < -0.39 is 12.0 Å². The lowest BCUT2D eigenvalue weighted by molar-refractivity contribution is -0.140. The molecule has 0 aromatic heterocycles. The minimum absolute atomic E-state index is 0.106. The van der Waals surface area contributed by atoms with Gasteiger partial charge in [-0.3, -0.25) is 4.79 Å². The maximum Gasteiger partial charge on any atom is 0.320 e. The number of carboxylic acids is 1. The molecule has 1 aromatic rings. The van der Waals surface area contributed by atoms with Gasteiger partial charge in [-0.2, -0.15) is 0 Å². The van der Waals surface area contributed by atoms with Gasteiger partial charge >= 0.3 is 5.97 Å². The smallest absolute Gasteiger partial charge is 0.320 e. The van der Waals surface area contributed by atoms with E-state index in [2.05, 4.69) is 17.4 Å². The molecule has 1 aromatic carbocycles. The molecule has 0 saturated heterocycles. The molecule has 1 unspecified atom stereocenters. The number of benzene rings is 1. The summed E-state index contributed by atoms with van der Waals surface area (Å²) < 4.78 is 0. The van der Waals surface area contributed by atoms with Crippen molar-refractivity contribution < 1.29 is 9.90 Å². The van der Waals surface area contributed by atoms with Crippen LogP contribution in [0.3, 0.4) is 0 Å². The molecule has 94 valence electrons. The molecule has 4 heteroatoms. The zero-order valence-electron chi connectivity index (χ0n) is 10.2. The summed E-state index contributed by atoms with van der Waals surface area (Å²) >= 11 is 1.73. The lowest BCUT2D eigenvalue weighted by atomic mass is 10.1. The van der Waals surface area contributed by atoms with Crippen molar-refractivity contribution in [2.45, 2.75) is 24.8 Å². The topological polar surface area (TPSA) is 49.3 Å². The number of nitrogens with one attached hydrogen (secondary N) is 1. The molecule has 0 aliphatic carbocycles. The molecule has 3 nitrogen and oxygen atoms in total. The first-order valence-electron chi connectivity index (χ1n) is 5.75. The van der Waals surface area contributed by atoms with Crippen LogP contribution in [0.15, 0.2) is 35.2 Å². The standard InChI is InChI=1S/C13H19NO2S/c1-10(2)12(13(15)16)14-8-9-17-11-6-4-3-5-7-11/h3-7,10,12,14H,8-9H2,1-2H3,(H,15,16). The molecule has 17 heavy (non-hydrogen) atoms. The molecule has 0 aliphatic heterocycles. The average Bonchev–Trinajstić information content (AvgIpc) is 2.29. The molecule has 1 atom stereocenters. The van der Waals surface area contributed by atoms with Gasteiger partial charge in [-0.05, 0) is 18.1 Å². The van der Waals surface area contributed by atoms with Crippen molar-refractivity contribution in [3.8, 4) is 0 Å². The first-order chi connectivity index (χ1) is 8.11. The van der Waals surface area contributed by atoms with Crippen molar-refractivity contribution in [2.24, 2.45) is 5.92 Å². The van der Waals surface area contributed by atoms with Gasteiger partial charge in [0.25, 0.3) is 0 Å². The Balaban J connectivity index is 2.26. The van der Waals surface area contributed by atoms with Gasteiger partial charge in [0.05, 0.1) is 0 Å². The molecular weight excluding hydrogens is 234 g/mol. The van der Waals surface area contributed by atoms with E-state index in [1.807, 2.05) is 32.0 Å². The highest BCUT2D eigenvalue weighted by atomic mass is 32.2. The van der Waals surface area contributed by atoms with Crippen LogP contribution in [-0.2, 0) is 4.79 Å². The van der Waals surface area contributed by atoms with Crippen molar-refractivity contribution in [1.29, 1.82) is 0 Å². The van der Waals surface area contributed by atoms with Crippen LogP contribution in [0.25, 0.3) is 0 Å². The zero-order valence-corrected chi connectivity index (χ0v) is 11.0. The summed E-state index contributed by atoms with van der Waals surface area (Å²) in [7, 11) is 0. The summed E-state index contributed by atoms with van der Waals surface area (Å²) in [4.78, 5) is 12.1. The summed E-state index contributed by atoms with van der Waals surface area (Å²) in [6.07, 6.45) is 0. The van der Waals surface area contributed by atoms with Gasteiger partial charge in [-0.25, -0.2) is 0 Å². The summed E-state index contributed by atoms with van der Waals surface area (Å²) in [6, 6.07) is 9.66. The van der Waals surface area contributed by atoms with Crippen molar-refractivity contribution in [3.63, 3.8) is 0 Å². The van der Waals surface area contributed by atoms with Gasteiger partial charge < -0.3 is 10.4 Å². The normalized spacial score (nSPS) is 12.6. The molecule has 1 rings (SSSR count). The van der Waals surface area contributed by atoms with Crippen molar-refractivity contribution in [2.75, 3.05) is 12.3 Å². The Bertz CT molecular complexity index is 341. The van der Waals surface area contributed by atoms with E-state index in [0.29, 0.717) is 6.54 Å². The van der Waals surface area contributed by atoms with E-state index in [1.165, 1.54) is 4.90 Å². The Kier molecular flexibility index (Phi) is 6.08. The van der Waals surface area contributed by atoms with Gasteiger partial charge in [0.2, 0.25) is 0 Å². The lowest BCUT2D eigenvalue weighted by Gasteiger charge is -2.17. The van der Waals surface area contributed by atoms with Gasteiger partial charge in [0, 0.05) is 17.2 Å². The van der Waals surface area contributed by atoms with Crippen LogP contribution >= 0.6 is 11.8 Å². The molecular formula is C13H19NO2S. The SMILES string of the molecule is CC(C)C(NCCSc1ccccc1)C(=O)O. The van der Waals surface area contributed by atoms with Crippen LogP contribution in [0.4, 0.5) is 0 Å². The van der Waals surface area contributed by atoms with Crippen molar-refractivity contribution in [1.82, 2.24) is 5.32 Å². The maximum absolute atomic E-state index is 10.9. The quantitative estimate of drug-likeness (QED) is 0.579.